The molecule has 9 heteroatoms. The summed E-state index contributed by atoms with van der Waals surface area (Å²) in [5, 5.41) is 8.17. The van der Waals surface area contributed by atoms with Crippen LogP contribution in [0, 0.1) is 11.3 Å². The number of nitriles is 1. The van der Waals surface area contributed by atoms with Gasteiger partial charge in [-0.25, -0.2) is 0 Å². The van der Waals surface area contributed by atoms with Crippen LogP contribution in [0.15, 0.2) is 18.2 Å². The van der Waals surface area contributed by atoms with E-state index in [1.54, 1.807) is 0 Å². The average Bonchev–Trinajstić information content (AvgIpc) is 2.19. The highest BCUT2D eigenvalue weighted by Crippen LogP contribution is 2.33. The molecule has 1 rings (SSSR count). The molecule has 0 saturated carbocycles. The van der Waals surface area contributed by atoms with Crippen molar-refractivity contribution in [2.45, 2.75) is 5.51 Å². The molecule has 0 aliphatic heterocycles. The van der Waals surface area contributed by atoms with E-state index >= 15 is 0 Å². The molecule has 0 spiro atoms. The second kappa shape index (κ2) is 4.43. The molecule has 0 aromatic heterocycles. The van der Waals surface area contributed by atoms with Crippen molar-refractivity contribution >= 4 is 21.7 Å². The van der Waals surface area contributed by atoms with Crippen LogP contribution in [0.1, 0.15) is 5.56 Å². The van der Waals surface area contributed by atoms with Crippen LogP contribution in [0.3, 0.4) is 0 Å². The van der Waals surface area contributed by atoms with Crippen molar-refractivity contribution in [3.05, 3.63) is 28.8 Å². The van der Waals surface area contributed by atoms with E-state index in [1.807, 2.05) is 0 Å². The molecule has 1 aromatic carbocycles. The number of alkyl halides is 3. The molecule has 0 amide bonds. The van der Waals surface area contributed by atoms with E-state index in [0.717, 1.165) is 12.1 Å². The Labute approximate surface area is 99.3 Å². The maximum absolute atomic E-state index is 12.0. The second-order valence-electron chi connectivity index (χ2n) is 2.71. The fraction of sp³-hybridized carbons (Fsp3) is 0.125. The summed E-state index contributed by atoms with van der Waals surface area (Å²) in [5.41, 5.74) is -6.00. The number of halogens is 4. The third-order valence-corrected chi connectivity index (χ3v) is 2.81. The molecular weight excluding hydrogens is 283 g/mol. The van der Waals surface area contributed by atoms with Crippen molar-refractivity contribution in [3.63, 3.8) is 0 Å². The number of para-hydroxylation sites is 1. The van der Waals surface area contributed by atoms with Crippen molar-refractivity contribution in [1.29, 1.82) is 5.26 Å². The number of hydrogen-bond acceptors (Lipinski definition) is 4. The Morgan fingerprint density at radius 2 is 1.94 bits per heavy atom. The van der Waals surface area contributed by atoms with Crippen molar-refractivity contribution in [2.24, 2.45) is 0 Å². The van der Waals surface area contributed by atoms with Gasteiger partial charge in [0.2, 0.25) is 0 Å². The third-order valence-electron chi connectivity index (χ3n) is 1.56. The lowest BCUT2D eigenvalue weighted by Gasteiger charge is -2.11. The maximum atomic E-state index is 12.0. The van der Waals surface area contributed by atoms with E-state index in [1.165, 1.54) is 12.1 Å². The molecule has 0 unspecified atom stereocenters. The zero-order chi connectivity index (χ0) is 13.3. The first-order valence-electron chi connectivity index (χ1n) is 3.88. The van der Waals surface area contributed by atoms with Crippen LogP contribution in [0.25, 0.3) is 0 Å². The molecule has 0 saturated heterocycles. The lowest BCUT2D eigenvalue weighted by atomic mass is 10.2. The van der Waals surface area contributed by atoms with E-state index in [2.05, 4.69) is 4.18 Å². The van der Waals surface area contributed by atoms with Gasteiger partial charge in [-0.1, -0.05) is 17.7 Å². The number of hydrogen-bond donors (Lipinski definition) is 0. The quantitative estimate of drug-likeness (QED) is 0.618. The van der Waals surface area contributed by atoms with Crippen molar-refractivity contribution < 1.29 is 25.8 Å². The molecule has 1 aromatic rings. The standard InChI is InChI=1S/C8H3ClF3NO3S/c9-6-3-1-2-5(4-13)7(6)16-17(14,15)8(10,11)12/h1-3H. The summed E-state index contributed by atoms with van der Waals surface area (Å²) in [5.74, 6) is -0.839. The second-order valence-corrected chi connectivity index (χ2v) is 4.66. The molecule has 4 nitrogen and oxygen atoms in total. The van der Waals surface area contributed by atoms with Gasteiger partial charge in [-0.3, -0.25) is 0 Å². The Morgan fingerprint density at radius 3 is 2.41 bits per heavy atom. The molecular formula is C8H3ClF3NO3S. The smallest absolute Gasteiger partial charge is 0.373 e. The molecule has 0 N–H and O–H groups in total. The SMILES string of the molecule is N#Cc1cccc(Cl)c1OS(=O)(=O)C(F)(F)F. The third kappa shape index (κ3) is 2.81. The molecule has 0 bridgehead atoms. The Morgan fingerprint density at radius 1 is 1.35 bits per heavy atom. The minimum absolute atomic E-state index is 0.406. The zero-order valence-corrected chi connectivity index (χ0v) is 9.40. The van der Waals surface area contributed by atoms with Gasteiger partial charge in [0.1, 0.15) is 6.07 Å². The predicted molar refractivity (Wildman–Crippen MR) is 51.8 cm³/mol. The van der Waals surface area contributed by atoms with Crippen LogP contribution in [0.2, 0.25) is 5.02 Å². The lowest BCUT2D eigenvalue weighted by Crippen LogP contribution is -2.28. The minimum atomic E-state index is -5.84. The Bertz CT molecular complexity index is 577. The van der Waals surface area contributed by atoms with Gasteiger partial charge >= 0.3 is 15.6 Å². The van der Waals surface area contributed by atoms with Crippen LogP contribution in [-0.4, -0.2) is 13.9 Å². The molecule has 0 fully saturated rings. The largest absolute Gasteiger partial charge is 0.534 e. The summed E-state index contributed by atoms with van der Waals surface area (Å²) in [6.45, 7) is 0. The molecule has 0 aliphatic carbocycles. The molecule has 0 heterocycles. The van der Waals surface area contributed by atoms with Gasteiger partial charge in [0.05, 0.1) is 10.6 Å². The summed E-state index contributed by atoms with van der Waals surface area (Å²) in [7, 11) is -5.84. The van der Waals surface area contributed by atoms with Gasteiger partial charge in [-0.2, -0.15) is 26.9 Å². The van der Waals surface area contributed by atoms with E-state index in [4.69, 9.17) is 16.9 Å². The summed E-state index contributed by atoms with van der Waals surface area (Å²) in [6, 6.07) is 4.92. The fourth-order valence-corrected chi connectivity index (χ4v) is 1.59. The predicted octanol–water partition coefficient (Wildman–Crippen LogP) is 2.44. The van der Waals surface area contributed by atoms with E-state index in [-0.39, 0.29) is 0 Å². The molecule has 17 heavy (non-hydrogen) atoms. The van der Waals surface area contributed by atoms with E-state index < -0.39 is 32.0 Å². The van der Waals surface area contributed by atoms with Crippen LogP contribution >= 0.6 is 11.6 Å². The topological polar surface area (TPSA) is 67.2 Å². The summed E-state index contributed by atoms with van der Waals surface area (Å²) in [6.07, 6.45) is 0. The van der Waals surface area contributed by atoms with Gasteiger partial charge in [0.25, 0.3) is 0 Å². The highest BCUT2D eigenvalue weighted by atomic mass is 35.5. The first kappa shape index (κ1) is 13.6. The van der Waals surface area contributed by atoms with Gasteiger partial charge in [0.15, 0.2) is 5.75 Å². The first-order chi connectivity index (χ1) is 7.69. The number of benzene rings is 1. The van der Waals surface area contributed by atoms with E-state index in [9.17, 15) is 21.6 Å². The minimum Gasteiger partial charge on any atom is -0.373 e. The Balaban J connectivity index is 3.27. The first-order valence-corrected chi connectivity index (χ1v) is 5.67. The Kier molecular flexibility index (Phi) is 3.54. The van der Waals surface area contributed by atoms with Gasteiger partial charge in [0, 0.05) is 0 Å². The van der Waals surface area contributed by atoms with Crippen LogP contribution in [-0.2, 0) is 10.1 Å². The van der Waals surface area contributed by atoms with Gasteiger partial charge in [-0.05, 0) is 12.1 Å². The molecule has 0 radical (unpaired) electrons. The lowest BCUT2D eigenvalue weighted by molar-refractivity contribution is -0.0500. The van der Waals surface area contributed by atoms with E-state index in [0.29, 0.717) is 0 Å². The number of rotatable bonds is 2. The van der Waals surface area contributed by atoms with Gasteiger partial charge < -0.3 is 4.18 Å². The van der Waals surface area contributed by atoms with Crippen LogP contribution < -0.4 is 4.18 Å². The van der Waals surface area contributed by atoms with Crippen molar-refractivity contribution in [2.75, 3.05) is 0 Å². The summed E-state index contributed by atoms with van der Waals surface area (Å²) >= 11 is 5.46. The molecule has 92 valence electrons. The normalized spacial score (nSPS) is 11.9. The molecule has 0 aliphatic rings. The summed E-state index contributed by atoms with van der Waals surface area (Å²) in [4.78, 5) is 0. The average molecular weight is 286 g/mol. The highest BCUT2D eigenvalue weighted by Gasteiger charge is 2.49. The Hall–Kier alpha value is -1.46. The highest BCUT2D eigenvalue weighted by molar-refractivity contribution is 7.88. The zero-order valence-electron chi connectivity index (χ0n) is 7.82. The van der Waals surface area contributed by atoms with Crippen LogP contribution in [0.4, 0.5) is 13.2 Å². The van der Waals surface area contributed by atoms with Gasteiger partial charge in [-0.15, -0.1) is 0 Å². The monoisotopic (exact) mass is 285 g/mol. The number of nitrogens with zero attached hydrogens (tertiary/aromatic N) is 1. The maximum Gasteiger partial charge on any atom is 0.534 e. The van der Waals surface area contributed by atoms with Crippen LogP contribution in [0.5, 0.6) is 5.75 Å². The van der Waals surface area contributed by atoms with Crippen molar-refractivity contribution in [3.8, 4) is 11.8 Å². The fourth-order valence-electron chi connectivity index (χ4n) is 0.839. The summed E-state index contributed by atoms with van der Waals surface area (Å²) < 4.78 is 61.4. The van der Waals surface area contributed by atoms with Crippen molar-refractivity contribution in [1.82, 2.24) is 0 Å². The molecule has 0 atom stereocenters.